The van der Waals surface area contributed by atoms with E-state index in [0.29, 0.717) is 6.04 Å². The van der Waals surface area contributed by atoms with Crippen molar-refractivity contribution in [1.29, 1.82) is 0 Å². The van der Waals surface area contributed by atoms with Gasteiger partial charge in [0.25, 0.3) is 0 Å². The molecule has 0 aliphatic rings. The van der Waals surface area contributed by atoms with Gasteiger partial charge in [-0.15, -0.1) is 0 Å². The van der Waals surface area contributed by atoms with Gasteiger partial charge < -0.3 is 5.11 Å². The van der Waals surface area contributed by atoms with E-state index in [9.17, 15) is 5.11 Å². The number of rotatable bonds is 2. The third-order valence-corrected chi connectivity index (χ3v) is 2.18. The Balaban J connectivity index is 2.29. The molecule has 1 atom stereocenters. The maximum absolute atomic E-state index is 10.0. The van der Waals surface area contributed by atoms with Crippen LogP contribution >= 0.6 is 0 Å². The van der Waals surface area contributed by atoms with Crippen LogP contribution in [0.2, 0.25) is 0 Å². The lowest BCUT2D eigenvalue weighted by atomic mass is 10.0. The van der Waals surface area contributed by atoms with E-state index in [4.69, 9.17) is 1.37 Å². The highest BCUT2D eigenvalue weighted by molar-refractivity contribution is 5.29. The summed E-state index contributed by atoms with van der Waals surface area (Å²) in [4.78, 5) is 0. The molecule has 2 rings (SSSR count). The lowest BCUT2D eigenvalue weighted by Crippen LogP contribution is -1.98. The summed E-state index contributed by atoms with van der Waals surface area (Å²) >= 11 is 0. The van der Waals surface area contributed by atoms with Crippen molar-refractivity contribution in [2.45, 2.75) is 6.10 Å². The van der Waals surface area contributed by atoms with Gasteiger partial charge in [-0.05, 0) is 11.1 Å². The first-order valence-corrected chi connectivity index (χ1v) is 4.57. The highest BCUT2D eigenvalue weighted by Gasteiger charge is 2.07. The van der Waals surface area contributed by atoms with Crippen LogP contribution in [0.5, 0.6) is 0 Å². The molecular weight excluding hydrogens is 172 g/mol. The van der Waals surface area contributed by atoms with E-state index in [2.05, 4.69) is 0 Å². The van der Waals surface area contributed by atoms with Crippen molar-refractivity contribution >= 4 is 0 Å². The van der Waals surface area contributed by atoms with Crippen LogP contribution < -0.4 is 0 Å². The normalized spacial score (nSPS) is 13.4. The SMILES string of the molecule is [2H]c1ccc(C(O)c2ccccc2)cc1. The van der Waals surface area contributed by atoms with Gasteiger partial charge in [0, 0.05) is 0 Å². The number of hydrogen-bond acceptors (Lipinski definition) is 1. The summed E-state index contributed by atoms with van der Waals surface area (Å²) in [6.45, 7) is 0. The summed E-state index contributed by atoms with van der Waals surface area (Å²) in [5.74, 6) is 0. The molecule has 1 nitrogen and oxygen atoms in total. The fourth-order valence-corrected chi connectivity index (χ4v) is 1.41. The highest BCUT2D eigenvalue weighted by atomic mass is 16.3. The van der Waals surface area contributed by atoms with Crippen LogP contribution in [0.1, 0.15) is 18.6 Å². The molecule has 0 spiro atoms. The van der Waals surface area contributed by atoms with E-state index in [0.717, 1.165) is 11.1 Å². The van der Waals surface area contributed by atoms with Gasteiger partial charge in [0.2, 0.25) is 0 Å². The smallest absolute Gasteiger partial charge is 0.104 e. The fourth-order valence-electron chi connectivity index (χ4n) is 1.41. The Morgan fingerprint density at radius 3 is 1.93 bits per heavy atom. The second-order valence-corrected chi connectivity index (χ2v) is 3.15. The van der Waals surface area contributed by atoms with Crippen molar-refractivity contribution in [2.24, 2.45) is 0 Å². The molecule has 0 amide bonds. The molecule has 0 heterocycles. The first-order valence-electron chi connectivity index (χ1n) is 5.07. The lowest BCUT2D eigenvalue weighted by molar-refractivity contribution is 0.220. The molecular formula is C13H12O. The minimum atomic E-state index is -0.605. The first kappa shape index (κ1) is 7.77. The molecule has 14 heavy (non-hydrogen) atoms. The first-order chi connectivity index (χ1) is 7.27. The Bertz CT molecular complexity index is 422. The van der Waals surface area contributed by atoms with Crippen molar-refractivity contribution < 1.29 is 6.48 Å². The maximum atomic E-state index is 10.0. The summed E-state index contributed by atoms with van der Waals surface area (Å²) < 4.78 is 7.36. The zero-order valence-corrected chi connectivity index (χ0v) is 7.72. The summed E-state index contributed by atoms with van der Waals surface area (Å²) in [6, 6.07) is 16.9. The molecule has 1 unspecified atom stereocenters. The van der Waals surface area contributed by atoms with Gasteiger partial charge in [0.15, 0.2) is 0 Å². The molecule has 1 heteroatoms. The number of hydrogen-bond donors (Lipinski definition) is 1. The summed E-state index contributed by atoms with van der Waals surface area (Å²) in [6.07, 6.45) is -0.605. The zero-order chi connectivity index (χ0) is 10.7. The van der Waals surface area contributed by atoms with E-state index in [1.165, 1.54) is 0 Å². The van der Waals surface area contributed by atoms with E-state index >= 15 is 0 Å². The Kier molecular flexibility index (Phi) is 2.26. The molecule has 0 radical (unpaired) electrons. The summed E-state index contributed by atoms with van der Waals surface area (Å²) in [7, 11) is 0. The minimum absolute atomic E-state index is 0.457. The van der Waals surface area contributed by atoms with Crippen molar-refractivity contribution in [1.82, 2.24) is 0 Å². The predicted molar refractivity (Wildman–Crippen MR) is 56.9 cm³/mol. The second kappa shape index (κ2) is 4.07. The molecule has 1 N–H and O–H groups in total. The minimum Gasteiger partial charge on any atom is -0.384 e. The highest BCUT2D eigenvalue weighted by Crippen LogP contribution is 2.20. The molecule has 0 aromatic heterocycles. The van der Waals surface area contributed by atoms with Crippen LogP contribution in [-0.2, 0) is 0 Å². The Labute approximate surface area is 85.1 Å². The van der Waals surface area contributed by atoms with Gasteiger partial charge in [0.05, 0.1) is 1.37 Å². The third-order valence-electron chi connectivity index (χ3n) is 2.18. The van der Waals surface area contributed by atoms with E-state index in [-0.39, 0.29) is 0 Å². The van der Waals surface area contributed by atoms with Crippen molar-refractivity contribution in [2.75, 3.05) is 0 Å². The average Bonchev–Trinajstić information content (AvgIpc) is 2.30. The van der Waals surface area contributed by atoms with Gasteiger partial charge in [-0.3, -0.25) is 0 Å². The molecule has 0 fully saturated rings. The number of aliphatic hydroxyl groups is 1. The molecule has 2 aromatic rings. The monoisotopic (exact) mass is 185 g/mol. The van der Waals surface area contributed by atoms with Crippen LogP contribution in [0, 0.1) is 0 Å². The van der Waals surface area contributed by atoms with E-state index < -0.39 is 6.10 Å². The molecule has 0 saturated carbocycles. The molecule has 0 bridgehead atoms. The summed E-state index contributed by atoms with van der Waals surface area (Å²) in [5, 5.41) is 10.0. The molecule has 0 aliphatic heterocycles. The molecule has 70 valence electrons. The Morgan fingerprint density at radius 2 is 1.36 bits per heavy atom. The van der Waals surface area contributed by atoms with Crippen LogP contribution in [0.25, 0.3) is 0 Å². The number of benzene rings is 2. The predicted octanol–water partition coefficient (Wildman–Crippen LogP) is 2.77. The average molecular weight is 185 g/mol. The molecule has 0 saturated heterocycles. The van der Waals surface area contributed by atoms with Crippen molar-refractivity contribution in [3.05, 3.63) is 71.8 Å². The zero-order valence-electron chi connectivity index (χ0n) is 8.72. The summed E-state index contributed by atoms with van der Waals surface area (Å²) in [5.41, 5.74) is 1.69. The quantitative estimate of drug-likeness (QED) is 0.762. The van der Waals surface area contributed by atoms with Crippen molar-refractivity contribution in [3.63, 3.8) is 0 Å². The number of aliphatic hydroxyl groups excluding tert-OH is 1. The fraction of sp³-hybridized carbons (Fsp3) is 0.0769. The topological polar surface area (TPSA) is 20.2 Å². The van der Waals surface area contributed by atoms with Gasteiger partial charge in [0.1, 0.15) is 6.10 Å². The Morgan fingerprint density at radius 1 is 0.857 bits per heavy atom. The van der Waals surface area contributed by atoms with Gasteiger partial charge >= 0.3 is 0 Å². The van der Waals surface area contributed by atoms with Crippen LogP contribution in [0.3, 0.4) is 0 Å². The van der Waals surface area contributed by atoms with Gasteiger partial charge in [-0.2, -0.15) is 0 Å². The lowest BCUT2D eigenvalue weighted by Gasteiger charge is -2.10. The van der Waals surface area contributed by atoms with Crippen LogP contribution in [-0.4, -0.2) is 5.11 Å². The van der Waals surface area contributed by atoms with Crippen LogP contribution in [0.15, 0.2) is 60.6 Å². The third kappa shape index (κ3) is 1.83. The van der Waals surface area contributed by atoms with Crippen molar-refractivity contribution in [3.8, 4) is 0 Å². The molecule has 2 aromatic carbocycles. The second-order valence-electron chi connectivity index (χ2n) is 3.15. The van der Waals surface area contributed by atoms with E-state index in [1.54, 1.807) is 24.3 Å². The van der Waals surface area contributed by atoms with Gasteiger partial charge in [-0.25, -0.2) is 0 Å². The maximum Gasteiger partial charge on any atom is 0.104 e. The Hall–Kier alpha value is -1.60. The van der Waals surface area contributed by atoms with E-state index in [1.807, 2.05) is 30.3 Å². The largest absolute Gasteiger partial charge is 0.384 e. The van der Waals surface area contributed by atoms with Gasteiger partial charge in [-0.1, -0.05) is 60.6 Å². The van der Waals surface area contributed by atoms with Crippen LogP contribution in [0.4, 0.5) is 0 Å². The molecule has 0 aliphatic carbocycles. The standard InChI is InChI=1S/C13H12O/c14-13(11-7-3-1-4-8-11)12-9-5-2-6-10-12/h1-10,13-14H/i1D.